The number of rotatable bonds is 5. The summed E-state index contributed by atoms with van der Waals surface area (Å²) >= 11 is 1.34. The smallest absolute Gasteiger partial charge is 0.204 e. The van der Waals surface area contributed by atoms with E-state index in [1.165, 1.54) is 11.8 Å². The van der Waals surface area contributed by atoms with Crippen molar-refractivity contribution in [1.29, 1.82) is 10.7 Å². The fourth-order valence-corrected chi connectivity index (χ4v) is 1.42. The van der Waals surface area contributed by atoms with E-state index in [9.17, 15) is 0 Å². The van der Waals surface area contributed by atoms with Gasteiger partial charge in [0.25, 0.3) is 0 Å². The lowest BCUT2D eigenvalue weighted by Gasteiger charge is -2.06. The van der Waals surface area contributed by atoms with Gasteiger partial charge in [-0.15, -0.1) is 0 Å². The number of guanidine groups is 1. The first-order valence-corrected chi connectivity index (χ1v) is 5.52. The Morgan fingerprint density at radius 1 is 1.60 bits per heavy atom. The normalized spacial score (nSPS) is 10.5. The number of hydrogen-bond acceptors (Lipinski definition) is 4. The molecule has 0 aromatic heterocycles. The molecule has 0 radical (unpaired) electrons. The van der Waals surface area contributed by atoms with Crippen LogP contribution >= 0.6 is 11.8 Å². The Morgan fingerprint density at radius 2 is 2.33 bits per heavy atom. The number of nitrogens with zero attached hydrogens (tertiary/aromatic N) is 2. The molecule has 7 heteroatoms. The standard InChI is InChI=1S/C8H16N6S/c1-12-8(14-6-9)13-4-2-3-5-15-7(10)11/h2-5H2,1H3,(H3,10,11)(H2,12,13,14). The van der Waals surface area contributed by atoms with E-state index >= 15 is 0 Å². The highest BCUT2D eigenvalue weighted by atomic mass is 32.2. The predicted molar refractivity (Wildman–Crippen MR) is 63.7 cm³/mol. The van der Waals surface area contributed by atoms with Gasteiger partial charge in [0, 0.05) is 19.3 Å². The van der Waals surface area contributed by atoms with Crippen LogP contribution in [0.5, 0.6) is 0 Å². The first-order chi connectivity index (χ1) is 7.20. The average Bonchev–Trinajstić information content (AvgIpc) is 2.21. The van der Waals surface area contributed by atoms with Gasteiger partial charge >= 0.3 is 0 Å². The Labute approximate surface area is 93.8 Å². The zero-order chi connectivity index (χ0) is 11.5. The molecule has 0 heterocycles. The van der Waals surface area contributed by atoms with Gasteiger partial charge in [0.2, 0.25) is 5.96 Å². The Bertz CT molecular complexity index is 256. The molecular formula is C8H16N6S. The van der Waals surface area contributed by atoms with Gasteiger partial charge in [-0.1, -0.05) is 11.8 Å². The van der Waals surface area contributed by atoms with Crippen LogP contribution in [0.15, 0.2) is 4.99 Å². The fraction of sp³-hybridized carbons (Fsp3) is 0.625. The Morgan fingerprint density at radius 3 is 2.87 bits per heavy atom. The van der Waals surface area contributed by atoms with E-state index in [0.29, 0.717) is 5.96 Å². The highest BCUT2D eigenvalue weighted by Crippen LogP contribution is 2.01. The summed E-state index contributed by atoms with van der Waals surface area (Å²) in [6, 6.07) is 0. The number of thioether (sulfide) groups is 1. The molecule has 6 nitrogen and oxygen atoms in total. The molecule has 0 amide bonds. The van der Waals surface area contributed by atoms with Crippen LogP contribution < -0.4 is 16.4 Å². The van der Waals surface area contributed by atoms with E-state index < -0.39 is 0 Å². The number of aliphatic imine (C=N–C) groups is 1. The third kappa shape index (κ3) is 8.90. The van der Waals surface area contributed by atoms with E-state index in [1.807, 2.05) is 0 Å². The van der Waals surface area contributed by atoms with Crippen LogP contribution in [0, 0.1) is 16.9 Å². The summed E-state index contributed by atoms with van der Waals surface area (Å²) in [6.45, 7) is 0.750. The number of nitrogens with one attached hydrogen (secondary N) is 3. The molecular weight excluding hydrogens is 212 g/mol. The van der Waals surface area contributed by atoms with Crippen LogP contribution in [-0.4, -0.2) is 30.5 Å². The number of nitrogens with two attached hydrogens (primary N) is 1. The van der Waals surface area contributed by atoms with E-state index in [0.717, 1.165) is 25.1 Å². The number of nitriles is 1. The molecule has 0 atom stereocenters. The summed E-state index contributed by atoms with van der Waals surface area (Å²) in [5, 5.41) is 20.9. The first-order valence-electron chi connectivity index (χ1n) is 4.53. The van der Waals surface area contributed by atoms with Crippen molar-refractivity contribution in [2.75, 3.05) is 19.3 Å². The molecule has 0 aliphatic rings. The maximum atomic E-state index is 8.35. The summed E-state index contributed by atoms with van der Waals surface area (Å²) in [5.41, 5.74) is 5.18. The minimum absolute atomic E-state index is 0.157. The van der Waals surface area contributed by atoms with E-state index in [-0.39, 0.29) is 5.17 Å². The van der Waals surface area contributed by atoms with Gasteiger partial charge in [-0.2, -0.15) is 5.26 Å². The van der Waals surface area contributed by atoms with Gasteiger partial charge in [0.05, 0.1) is 0 Å². The van der Waals surface area contributed by atoms with Crippen LogP contribution in [0.3, 0.4) is 0 Å². The van der Waals surface area contributed by atoms with Crippen molar-refractivity contribution < 1.29 is 0 Å². The third-order valence-corrected chi connectivity index (χ3v) is 2.32. The van der Waals surface area contributed by atoms with Crippen LogP contribution in [0.4, 0.5) is 0 Å². The molecule has 0 rings (SSSR count). The van der Waals surface area contributed by atoms with Gasteiger partial charge < -0.3 is 11.1 Å². The Kier molecular flexibility index (Phi) is 8.28. The third-order valence-electron chi connectivity index (χ3n) is 1.52. The predicted octanol–water partition coefficient (Wildman–Crippen LogP) is 0.0394. The maximum absolute atomic E-state index is 8.35. The molecule has 0 aliphatic heterocycles. The second-order valence-corrected chi connectivity index (χ2v) is 3.79. The largest absolute Gasteiger partial charge is 0.379 e. The van der Waals surface area contributed by atoms with E-state index in [2.05, 4.69) is 15.6 Å². The second-order valence-electron chi connectivity index (χ2n) is 2.66. The van der Waals surface area contributed by atoms with Crippen LogP contribution in [0.25, 0.3) is 0 Å². The Hall–Kier alpha value is -1.42. The SMILES string of the molecule is CN=C(NC#N)NCCCCSC(=N)N. The number of hydrogen-bond donors (Lipinski definition) is 4. The monoisotopic (exact) mass is 228 g/mol. The Balaban J connectivity index is 3.38. The second kappa shape index (κ2) is 9.15. The summed E-state index contributed by atoms with van der Waals surface area (Å²) in [7, 11) is 1.61. The number of amidine groups is 1. The fourth-order valence-electron chi connectivity index (χ4n) is 0.848. The molecule has 84 valence electrons. The molecule has 0 saturated carbocycles. The minimum atomic E-state index is 0.157. The van der Waals surface area contributed by atoms with Crippen molar-refractivity contribution in [2.45, 2.75) is 12.8 Å². The van der Waals surface area contributed by atoms with Crippen molar-refractivity contribution in [3.8, 4) is 6.19 Å². The molecule has 0 bridgehead atoms. The van der Waals surface area contributed by atoms with E-state index in [1.54, 1.807) is 13.2 Å². The summed E-state index contributed by atoms with van der Waals surface area (Å²) < 4.78 is 0. The van der Waals surface area contributed by atoms with Crippen molar-refractivity contribution in [1.82, 2.24) is 10.6 Å². The van der Waals surface area contributed by atoms with Crippen molar-refractivity contribution in [3.05, 3.63) is 0 Å². The zero-order valence-electron chi connectivity index (χ0n) is 8.71. The van der Waals surface area contributed by atoms with Gasteiger partial charge in [0.15, 0.2) is 11.4 Å². The maximum Gasteiger partial charge on any atom is 0.204 e. The molecule has 0 aromatic rings. The highest BCUT2D eigenvalue weighted by Gasteiger charge is 1.95. The van der Waals surface area contributed by atoms with Crippen molar-refractivity contribution in [3.63, 3.8) is 0 Å². The summed E-state index contributed by atoms with van der Waals surface area (Å²) in [5.74, 6) is 1.33. The first kappa shape index (κ1) is 13.6. The summed E-state index contributed by atoms with van der Waals surface area (Å²) in [6.07, 6.45) is 3.72. The molecule has 0 saturated heterocycles. The average molecular weight is 228 g/mol. The molecule has 5 N–H and O–H groups in total. The quantitative estimate of drug-likeness (QED) is 0.175. The highest BCUT2D eigenvalue weighted by molar-refractivity contribution is 8.13. The molecule has 0 unspecified atom stereocenters. The lowest BCUT2D eigenvalue weighted by molar-refractivity contribution is 0.750. The van der Waals surface area contributed by atoms with Crippen LogP contribution in [0.1, 0.15) is 12.8 Å². The molecule has 0 aromatic carbocycles. The van der Waals surface area contributed by atoms with Crippen LogP contribution in [-0.2, 0) is 0 Å². The molecule has 0 fully saturated rings. The topological polar surface area (TPSA) is 110 Å². The summed E-state index contributed by atoms with van der Waals surface area (Å²) in [4.78, 5) is 3.84. The molecule has 0 aliphatic carbocycles. The molecule has 15 heavy (non-hydrogen) atoms. The van der Waals surface area contributed by atoms with Gasteiger partial charge in [-0.25, -0.2) is 0 Å². The number of unbranched alkanes of at least 4 members (excludes halogenated alkanes) is 1. The van der Waals surface area contributed by atoms with Gasteiger partial charge in [-0.3, -0.25) is 15.7 Å². The van der Waals surface area contributed by atoms with Crippen molar-refractivity contribution in [2.24, 2.45) is 10.7 Å². The lowest BCUT2D eigenvalue weighted by atomic mass is 10.3. The zero-order valence-corrected chi connectivity index (χ0v) is 9.52. The van der Waals surface area contributed by atoms with Gasteiger partial charge in [0.1, 0.15) is 0 Å². The van der Waals surface area contributed by atoms with Gasteiger partial charge in [-0.05, 0) is 12.8 Å². The molecule has 0 spiro atoms. The van der Waals surface area contributed by atoms with Crippen LogP contribution in [0.2, 0.25) is 0 Å². The lowest BCUT2D eigenvalue weighted by Crippen LogP contribution is -2.34. The van der Waals surface area contributed by atoms with Crippen molar-refractivity contribution >= 4 is 22.9 Å². The van der Waals surface area contributed by atoms with E-state index in [4.69, 9.17) is 16.4 Å². The minimum Gasteiger partial charge on any atom is -0.379 e.